The second-order valence-electron chi connectivity index (χ2n) is 5.62. The summed E-state index contributed by atoms with van der Waals surface area (Å²) in [5, 5.41) is 10.6. The Labute approximate surface area is 127 Å². The van der Waals surface area contributed by atoms with Gasteiger partial charge in [0, 0.05) is 12.0 Å². The molecule has 2 rings (SSSR count). The van der Waals surface area contributed by atoms with Crippen LogP contribution in [0.15, 0.2) is 36.4 Å². The van der Waals surface area contributed by atoms with E-state index in [0.717, 1.165) is 16.9 Å². The third-order valence-electron chi connectivity index (χ3n) is 3.74. The lowest BCUT2D eigenvalue weighted by Gasteiger charge is -2.18. The minimum absolute atomic E-state index is 0.549. The van der Waals surface area contributed by atoms with Gasteiger partial charge in [-0.25, -0.2) is 0 Å². The van der Waals surface area contributed by atoms with Crippen molar-refractivity contribution in [1.29, 1.82) is 0 Å². The lowest BCUT2D eigenvalue weighted by atomic mass is 9.95. The molecule has 1 N–H and O–H groups in total. The highest BCUT2D eigenvalue weighted by molar-refractivity contribution is 5.40. The van der Waals surface area contributed by atoms with Crippen molar-refractivity contribution in [2.75, 3.05) is 6.61 Å². The summed E-state index contributed by atoms with van der Waals surface area (Å²) >= 11 is 0. The van der Waals surface area contributed by atoms with Gasteiger partial charge in [-0.2, -0.15) is 0 Å². The molecule has 0 aromatic heterocycles. The van der Waals surface area contributed by atoms with E-state index < -0.39 is 6.10 Å². The number of aryl methyl sites for hydroxylation is 3. The van der Waals surface area contributed by atoms with Crippen molar-refractivity contribution in [3.63, 3.8) is 0 Å². The molecule has 0 amide bonds. The Morgan fingerprint density at radius 3 is 2.38 bits per heavy atom. The van der Waals surface area contributed by atoms with Crippen LogP contribution < -0.4 is 4.74 Å². The van der Waals surface area contributed by atoms with E-state index >= 15 is 0 Å². The van der Waals surface area contributed by atoms with Crippen LogP contribution in [0.25, 0.3) is 0 Å². The predicted molar refractivity (Wildman–Crippen MR) is 86.9 cm³/mol. The number of hydrogen-bond acceptors (Lipinski definition) is 2. The fourth-order valence-corrected chi connectivity index (χ4v) is 2.55. The van der Waals surface area contributed by atoms with Crippen molar-refractivity contribution in [3.8, 4) is 5.75 Å². The molecular weight excluding hydrogens is 260 g/mol. The Hall–Kier alpha value is -1.80. The van der Waals surface area contributed by atoms with Crippen molar-refractivity contribution in [2.24, 2.45) is 0 Å². The third-order valence-corrected chi connectivity index (χ3v) is 3.74. The van der Waals surface area contributed by atoms with Crippen LogP contribution in [0.3, 0.4) is 0 Å². The number of ether oxygens (including phenoxy) is 1. The Morgan fingerprint density at radius 1 is 1.00 bits per heavy atom. The number of benzene rings is 2. The number of rotatable bonds is 5. The molecule has 1 atom stereocenters. The fraction of sp³-hybridized carbons (Fsp3) is 0.368. The summed E-state index contributed by atoms with van der Waals surface area (Å²) in [6, 6.07) is 12.3. The summed E-state index contributed by atoms with van der Waals surface area (Å²) in [7, 11) is 0. The number of aliphatic hydroxyl groups is 1. The predicted octanol–water partition coefficient (Wildman–Crippen LogP) is 4.29. The first kappa shape index (κ1) is 15.6. The van der Waals surface area contributed by atoms with Crippen LogP contribution >= 0.6 is 0 Å². The number of hydrogen-bond donors (Lipinski definition) is 1. The van der Waals surface area contributed by atoms with Crippen molar-refractivity contribution in [2.45, 2.75) is 40.2 Å². The van der Waals surface area contributed by atoms with Gasteiger partial charge in [0.2, 0.25) is 0 Å². The van der Waals surface area contributed by atoms with Gasteiger partial charge < -0.3 is 9.84 Å². The van der Waals surface area contributed by atoms with Crippen molar-refractivity contribution in [1.82, 2.24) is 0 Å². The second-order valence-corrected chi connectivity index (χ2v) is 5.62. The van der Waals surface area contributed by atoms with Crippen molar-refractivity contribution >= 4 is 0 Å². The Kier molecular flexibility index (Phi) is 5.03. The summed E-state index contributed by atoms with van der Waals surface area (Å²) in [5.41, 5.74) is 5.63. The van der Waals surface area contributed by atoms with E-state index in [4.69, 9.17) is 4.74 Å². The molecule has 0 saturated heterocycles. The molecule has 2 aromatic rings. The average molecular weight is 284 g/mol. The molecule has 0 aliphatic rings. The van der Waals surface area contributed by atoms with E-state index in [1.165, 1.54) is 16.7 Å². The van der Waals surface area contributed by atoms with E-state index in [-0.39, 0.29) is 0 Å². The summed E-state index contributed by atoms with van der Waals surface area (Å²) in [6.07, 6.45) is 0.0591. The molecule has 0 saturated carbocycles. The van der Waals surface area contributed by atoms with Crippen molar-refractivity contribution < 1.29 is 9.84 Å². The van der Waals surface area contributed by atoms with Gasteiger partial charge >= 0.3 is 0 Å². The standard InChI is InChI=1S/C19H24O2/c1-5-21-19-9-7-14(3)11-17(19)18(20)12-16-10-13(2)6-8-15(16)4/h6-11,18,20H,5,12H2,1-4H3. The maximum absolute atomic E-state index is 10.6. The highest BCUT2D eigenvalue weighted by Gasteiger charge is 2.15. The van der Waals surface area contributed by atoms with E-state index in [1.54, 1.807) is 0 Å². The molecule has 0 aliphatic heterocycles. The fourth-order valence-electron chi connectivity index (χ4n) is 2.55. The first-order chi connectivity index (χ1) is 10.0. The maximum Gasteiger partial charge on any atom is 0.125 e. The van der Waals surface area contributed by atoms with Gasteiger partial charge in [0.15, 0.2) is 0 Å². The van der Waals surface area contributed by atoms with Gasteiger partial charge in [-0.05, 0) is 51.0 Å². The first-order valence-corrected chi connectivity index (χ1v) is 7.48. The second kappa shape index (κ2) is 6.77. The highest BCUT2D eigenvalue weighted by atomic mass is 16.5. The molecule has 21 heavy (non-hydrogen) atoms. The van der Waals surface area contributed by atoms with Gasteiger partial charge in [0.1, 0.15) is 5.75 Å². The van der Waals surface area contributed by atoms with Crippen LogP contribution in [-0.2, 0) is 6.42 Å². The molecule has 0 bridgehead atoms. The van der Waals surface area contributed by atoms with Crippen LogP contribution in [0.2, 0.25) is 0 Å². The molecular formula is C19H24O2. The molecule has 1 unspecified atom stereocenters. The quantitative estimate of drug-likeness (QED) is 0.887. The monoisotopic (exact) mass is 284 g/mol. The van der Waals surface area contributed by atoms with E-state index in [9.17, 15) is 5.11 Å². The lowest BCUT2D eigenvalue weighted by Crippen LogP contribution is -2.07. The van der Waals surface area contributed by atoms with Crippen molar-refractivity contribution in [3.05, 3.63) is 64.2 Å². The largest absolute Gasteiger partial charge is 0.493 e. The molecule has 2 aromatic carbocycles. The Balaban J connectivity index is 2.29. The molecule has 2 nitrogen and oxygen atoms in total. The van der Waals surface area contributed by atoms with Crippen LogP contribution in [0.1, 0.15) is 40.8 Å². The normalized spacial score (nSPS) is 12.2. The van der Waals surface area contributed by atoms with Gasteiger partial charge in [-0.3, -0.25) is 0 Å². The molecule has 112 valence electrons. The minimum Gasteiger partial charge on any atom is -0.493 e. The summed E-state index contributed by atoms with van der Waals surface area (Å²) in [4.78, 5) is 0. The third kappa shape index (κ3) is 3.85. The molecule has 0 fully saturated rings. The Morgan fingerprint density at radius 2 is 1.67 bits per heavy atom. The highest BCUT2D eigenvalue weighted by Crippen LogP contribution is 2.29. The molecule has 0 spiro atoms. The SMILES string of the molecule is CCOc1ccc(C)cc1C(O)Cc1cc(C)ccc1C. The van der Waals surface area contributed by atoms with E-state index in [0.29, 0.717) is 13.0 Å². The van der Waals surface area contributed by atoms with Crippen LogP contribution in [0.4, 0.5) is 0 Å². The molecule has 2 heteroatoms. The lowest BCUT2D eigenvalue weighted by molar-refractivity contribution is 0.172. The molecule has 0 radical (unpaired) electrons. The molecule has 0 heterocycles. The summed E-state index contributed by atoms with van der Waals surface area (Å²) < 4.78 is 5.64. The van der Waals surface area contributed by atoms with Gasteiger partial charge in [-0.1, -0.05) is 35.4 Å². The zero-order chi connectivity index (χ0) is 15.4. The Bertz CT molecular complexity index is 617. The number of aliphatic hydroxyl groups excluding tert-OH is 1. The van der Waals surface area contributed by atoms with Gasteiger partial charge in [0.05, 0.1) is 12.7 Å². The zero-order valence-corrected chi connectivity index (χ0v) is 13.3. The van der Waals surface area contributed by atoms with E-state index in [2.05, 4.69) is 32.0 Å². The summed E-state index contributed by atoms with van der Waals surface area (Å²) in [6.45, 7) is 8.76. The smallest absolute Gasteiger partial charge is 0.125 e. The minimum atomic E-state index is -0.549. The van der Waals surface area contributed by atoms with E-state index in [1.807, 2.05) is 32.0 Å². The topological polar surface area (TPSA) is 29.5 Å². The summed E-state index contributed by atoms with van der Waals surface area (Å²) in [5.74, 6) is 0.779. The zero-order valence-electron chi connectivity index (χ0n) is 13.3. The van der Waals surface area contributed by atoms with Crippen LogP contribution in [0.5, 0.6) is 5.75 Å². The van der Waals surface area contributed by atoms with Gasteiger partial charge in [0.25, 0.3) is 0 Å². The first-order valence-electron chi connectivity index (χ1n) is 7.48. The van der Waals surface area contributed by atoms with Crippen LogP contribution in [-0.4, -0.2) is 11.7 Å². The average Bonchev–Trinajstić information content (AvgIpc) is 2.45. The van der Waals surface area contributed by atoms with Gasteiger partial charge in [-0.15, -0.1) is 0 Å². The molecule has 0 aliphatic carbocycles. The van der Waals surface area contributed by atoms with Crippen LogP contribution in [0, 0.1) is 20.8 Å². The maximum atomic E-state index is 10.6.